The van der Waals surface area contributed by atoms with E-state index in [1.54, 1.807) is 0 Å². The van der Waals surface area contributed by atoms with Crippen molar-refractivity contribution in [2.75, 3.05) is 12.3 Å². The molecule has 0 heterocycles. The topological polar surface area (TPSA) is 0 Å². The van der Waals surface area contributed by atoms with Gasteiger partial charge in [0.25, 0.3) is 0 Å². The second-order valence-corrected chi connectivity index (χ2v) is 19.8. The Morgan fingerprint density at radius 3 is 1.59 bits per heavy atom. The number of hydrogen-bond donors (Lipinski definition) is 0. The Balaban J connectivity index is 2.62. The van der Waals surface area contributed by atoms with Crippen LogP contribution in [-0.2, 0) is 23.6 Å². The predicted molar refractivity (Wildman–Crippen MR) is 111 cm³/mol. The summed E-state index contributed by atoms with van der Waals surface area (Å²) in [6.45, 7) is 4.48. The lowest BCUT2D eigenvalue weighted by Gasteiger charge is -2.35. The highest BCUT2D eigenvalue weighted by Crippen LogP contribution is 2.80. The third kappa shape index (κ3) is 3.46. The highest BCUT2D eigenvalue weighted by Gasteiger charge is 2.35. The average Bonchev–Trinajstić information content (AvgIpc) is 2.60. The maximum absolute atomic E-state index is 6.41. The van der Waals surface area contributed by atoms with Gasteiger partial charge in [0, 0.05) is 11.5 Å². The van der Waals surface area contributed by atoms with Gasteiger partial charge in [0.2, 0.25) is 0 Å². The summed E-state index contributed by atoms with van der Waals surface area (Å²) in [5.41, 5.74) is -3.54. The molecule has 2 aromatic rings. The fourth-order valence-electron chi connectivity index (χ4n) is 2.77. The van der Waals surface area contributed by atoms with Crippen LogP contribution in [0.2, 0.25) is 0 Å². The standard InChI is InChI=1S/C18H24P2S2/c1-3-5-16-20(22,18-14-10-7-11-15-18)19(21,4-2)17-12-8-6-9-13-17/h6-15H,3-5,16H2,1-2H3. The molecule has 0 fully saturated rings. The number of benzene rings is 2. The van der Waals surface area contributed by atoms with Crippen LogP contribution in [0.15, 0.2) is 60.7 Å². The van der Waals surface area contributed by atoms with Gasteiger partial charge in [-0.15, -0.1) is 0 Å². The molecule has 0 aliphatic heterocycles. The van der Waals surface area contributed by atoms with Crippen LogP contribution in [0.3, 0.4) is 0 Å². The summed E-state index contributed by atoms with van der Waals surface area (Å²) in [7, 11) is 0. The van der Waals surface area contributed by atoms with Crippen molar-refractivity contribution >= 4 is 45.7 Å². The molecular formula is C18H24P2S2. The molecule has 0 aliphatic rings. The van der Waals surface area contributed by atoms with Gasteiger partial charge in [-0.25, -0.2) is 0 Å². The lowest BCUT2D eigenvalue weighted by atomic mass is 10.4. The van der Waals surface area contributed by atoms with E-state index < -0.39 is 11.5 Å². The molecule has 2 unspecified atom stereocenters. The summed E-state index contributed by atoms with van der Waals surface area (Å²) in [5.74, 6) is 0. The molecule has 2 atom stereocenters. The molecule has 4 heteroatoms. The van der Waals surface area contributed by atoms with E-state index in [0.29, 0.717) is 0 Å². The summed E-state index contributed by atoms with van der Waals surface area (Å²) in [5, 5.41) is 2.67. The molecule has 0 spiro atoms. The zero-order valence-electron chi connectivity index (χ0n) is 13.3. The van der Waals surface area contributed by atoms with E-state index in [4.69, 9.17) is 23.6 Å². The van der Waals surface area contributed by atoms with Gasteiger partial charge in [-0.05, 0) is 29.4 Å². The van der Waals surface area contributed by atoms with Crippen molar-refractivity contribution in [2.45, 2.75) is 26.7 Å². The van der Waals surface area contributed by atoms with Crippen LogP contribution in [0.4, 0.5) is 0 Å². The van der Waals surface area contributed by atoms with Crippen LogP contribution < -0.4 is 10.6 Å². The Bertz CT molecular complexity index is 681. The maximum atomic E-state index is 6.41. The Morgan fingerprint density at radius 1 is 0.727 bits per heavy atom. The third-order valence-electron chi connectivity index (χ3n) is 4.08. The first-order chi connectivity index (χ1) is 10.6. The highest BCUT2D eigenvalue weighted by atomic mass is 32.8. The molecule has 22 heavy (non-hydrogen) atoms. The number of hydrogen-bond acceptors (Lipinski definition) is 2. The minimum Gasteiger partial charge on any atom is -0.0867 e. The van der Waals surface area contributed by atoms with Gasteiger partial charge in [0.15, 0.2) is 0 Å². The summed E-state index contributed by atoms with van der Waals surface area (Å²) >= 11 is 12.8. The van der Waals surface area contributed by atoms with Crippen LogP contribution in [0, 0.1) is 0 Å². The average molecular weight is 366 g/mol. The Morgan fingerprint density at radius 2 is 1.18 bits per heavy atom. The molecular weight excluding hydrogens is 342 g/mol. The smallest absolute Gasteiger partial charge is 0.0180 e. The largest absolute Gasteiger partial charge is 0.0867 e. The van der Waals surface area contributed by atoms with Gasteiger partial charge < -0.3 is 0 Å². The lowest BCUT2D eigenvalue weighted by molar-refractivity contribution is 0.894. The molecule has 0 radical (unpaired) electrons. The second kappa shape index (κ2) is 8.02. The van der Waals surface area contributed by atoms with Crippen molar-refractivity contribution in [3.05, 3.63) is 60.7 Å². The van der Waals surface area contributed by atoms with Gasteiger partial charge in [0.05, 0.1) is 0 Å². The quantitative estimate of drug-likeness (QED) is 0.607. The van der Waals surface area contributed by atoms with E-state index in [2.05, 4.69) is 74.5 Å². The molecule has 2 aromatic carbocycles. The molecule has 118 valence electrons. The van der Waals surface area contributed by atoms with Crippen molar-refractivity contribution in [1.82, 2.24) is 0 Å². The van der Waals surface area contributed by atoms with Gasteiger partial charge in [-0.2, -0.15) is 0 Å². The van der Waals surface area contributed by atoms with Crippen LogP contribution in [0.1, 0.15) is 26.7 Å². The minimum absolute atomic E-state index is 1.02. The number of rotatable bonds is 7. The Hall–Kier alpha value is -0.260. The first-order valence-corrected chi connectivity index (χ1v) is 14.6. The van der Waals surface area contributed by atoms with Crippen LogP contribution in [-0.4, -0.2) is 12.3 Å². The van der Waals surface area contributed by atoms with Crippen molar-refractivity contribution in [2.24, 2.45) is 0 Å². The zero-order valence-corrected chi connectivity index (χ0v) is 16.7. The molecule has 0 amide bonds. The van der Waals surface area contributed by atoms with Crippen molar-refractivity contribution in [3.63, 3.8) is 0 Å². The van der Waals surface area contributed by atoms with E-state index in [9.17, 15) is 0 Å². The first kappa shape index (κ1) is 18.1. The fraction of sp³-hybridized carbons (Fsp3) is 0.333. The summed E-state index contributed by atoms with van der Waals surface area (Å²) < 4.78 is 0. The van der Waals surface area contributed by atoms with Crippen LogP contribution in [0.25, 0.3) is 0 Å². The Labute approximate surface area is 145 Å². The third-order valence-corrected chi connectivity index (χ3v) is 23.6. The van der Waals surface area contributed by atoms with Crippen LogP contribution in [0.5, 0.6) is 0 Å². The van der Waals surface area contributed by atoms with E-state index >= 15 is 0 Å². The molecule has 0 saturated heterocycles. The van der Waals surface area contributed by atoms with Gasteiger partial charge in [-0.1, -0.05) is 105 Å². The number of unbranched alkanes of at least 4 members (excludes halogenated alkanes) is 1. The lowest BCUT2D eigenvalue weighted by Crippen LogP contribution is -2.15. The first-order valence-electron chi connectivity index (χ1n) is 7.88. The van der Waals surface area contributed by atoms with Crippen molar-refractivity contribution in [1.29, 1.82) is 0 Å². The van der Waals surface area contributed by atoms with Gasteiger partial charge in [0.1, 0.15) is 0 Å². The molecule has 0 saturated carbocycles. The van der Waals surface area contributed by atoms with Crippen molar-refractivity contribution < 1.29 is 0 Å². The van der Waals surface area contributed by atoms with E-state index in [-0.39, 0.29) is 0 Å². The second-order valence-electron chi connectivity index (χ2n) is 5.47. The molecule has 0 nitrogen and oxygen atoms in total. The normalized spacial score (nSPS) is 16.6. The van der Waals surface area contributed by atoms with Gasteiger partial charge >= 0.3 is 0 Å². The SMILES string of the molecule is CCCCP(=S)(c1ccccc1)P(=S)(CC)c1ccccc1. The van der Waals surface area contributed by atoms with E-state index in [0.717, 1.165) is 12.3 Å². The fourth-order valence-corrected chi connectivity index (χ4v) is 17.3. The van der Waals surface area contributed by atoms with Crippen LogP contribution >= 0.6 is 11.5 Å². The summed E-state index contributed by atoms with van der Waals surface area (Å²) in [4.78, 5) is 0. The van der Waals surface area contributed by atoms with Gasteiger partial charge in [-0.3, -0.25) is 0 Å². The molecule has 0 aliphatic carbocycles. The monoisotopic (exact) mass is 366 g/mol. The molecule has 0 aromatic heterocycles. The molecule has 0 bridgehead atoms. The minimum atomic E-state index is -1.77. The maximum Gasteiger partial charge on any atom is 0.0180 e. The van der Waals surface area contributed by atoms with E-state index in [1.165, 1.54) is 23.5 Å². The Kier molecular flexibility index (Phi) is 6.59. The molecule has 2 rings (SSSR count). The highest BCUT2D eigenvalue weighted by molar-refractivity contribution is 8.70. The summed E-state index contributed by atoms with van der Waals surface area (Å²) in [6.07, 6.45) is 4.47. The predicted octanol–water partition coefficient (Wildman–Crippen LogP) is 5.33. The zero-order chi connectivity index (χ0) is 16.1. The molecule has 0 N–H and O–H groups in total. The van der Waals surface area contributed by atoms with Crippen molar-refractivity contribution in [3.8, 4) is 0 Å². The summed E-state index contributed by atoms with van der Waals surface area (Å²) in [6, 6.07) is 21.4. The van der Waals surface area contributed by atoms with E-state index in [1.807, 2.05) is 0 Å².